The molecule has 1 heterocycles. The highest BCUT2D eigenvalue weighted by Gasteiger charge is 2.53. The second-order valence-electron chi connectivity index (χ2n) is 7.28. The van der Waals surface area contributed by atoms with Crippen molar-refractivity contribution < 1.29 is 0 Å². The van der Waals surface area contributed by atoms with Crippen LogP contribution in [0.25, 0.3) is 0 Å². The predicted molar refractivity (Wildman–Crippen MR) is 66.2 cm³/mol. The Morgan fingerprint density at radius 2 is 1.44 bits per heavy atom. The second-order valence-corrected chi connectivity index (χ2v) is 7.28. The molecule has 1 saturated heterocycles. The molecule has 5 rings (SSSR count). The van der Waals surface area contributed by atoms with E-state index in [0.717, 1.165) is 29.2 Å². The van der Waals surface area contributed by atoms with Crippen molar-refractivity contribution in [3.8, 4) is 0 Å². The molecule has 4 bridgehead atoms. The van der Waals surface area contributed by atoms with Crippen molar-refractivity contribution in [2.75, 3.05) is 6.54 Å². The Hall–Kier alpha value is -0.0400. The molecule has 0 spiro atoms. The van der Waals surface area contributed by atoms with Gasteiger partial charge in [0.2, 0.25) is 0 Å². The topological polar surface area (TPSA) is 12.0 Å². The summed E-state index contributed by atoms with van der Waals surface area (Å²) in [6, 6.07) is 0.898. The molecule has 1 N–H and O–H groups in total. The zero-order valence-electron chi connectivity index (χ0n) is 10.4. The summed E-state index contributed by atoms with van der Waals surface area (Å²) in [6.45, 7) is 1.30. The van der Waals surface area contributed by atoms with Crippen LogP contribution < -0.4 is 5.32 Å². The fourth-order valence-electron chi connectivity index (χ4n) is 5.98. The lowest BCUT2D eigenvalue weighted by Gasteiger charge is -2.60. The van der Waals surface area contributed by atoms with E-state index in [1.807, 2.05) is 0 Å². The number of nitrogens with one attached hydrogen (secondary N) is 1. The highest BCUT2D eigenvalue weighted by atomic mass is 14.9. The molecule has 4 aliphatic carbocycles. The molecule has 5 aliphatic rings. The van der Waals surface area contributed by atoms with Crippen LogP contribution in [0.1, 0.15) is 57.8 Å². The summed E-state index contributed by atoms with van der Waals surface area (Å²) in [6.07, 6.45) is 13.9. The lowest BCUT2D eigenvalue weighted by atomic mass is 9.47. The van der Waals surface area contributed by atoms with Gasteiger partial charge in [-0.15, -0.1) is 0 Å². The van der Waals surface area contributed by atoms with Gasteiger partial charge in [0.15, 0.2) is 0 Å². The van der Waals surface area contributed by atoms with Crippen LogP contribution in [-0.2, 0) is 0 Å². The van der Waals surface area contributed by atoms with E-state index in [1.54, 1.807) is 38.5 Å². The third kappa shape index (κ3) is 1.40. The zero-order valence-corrected chi connectivity index (χ0v) is 10.4. The van der Waals surface area contributed by atoms with E-state index in [-0.39, 0.29) is 0 Å². The van der Waals surface area contributed by atoms with Crippen molar-refractivity contribution in [1.82, 2.24) is 5.32 Å². The molecule has 5 fully saturated rings. The van der Waals surface area contributed by atoms with Crippen molar-refractivity contribution in [2.45, 2.75) is 63.8 Å². The SMILES string of the molecule is C1CC[C@@H](C23CC4CC(CC(C4)C2)C3)NC1. The molecule has 0 unspecified atom stereocenters. The maximum absolute atomic E-state index is 3.88. The number of piperidine rings is 1. The highest BCUT2D eigenvalue weighted by Crippen LogP contribution is 2.61. The Labute approximate surface area is 99.4 Å². The van der Waals surface area contributed by atoms with Crippen LogP contribution in [0.4, 0.5) is 0 Å². The first-order valence-electron chi connectivity index (χ1n) is 7.57. The van der Waals surface area contributed by atoms with Gasteiger partial charge in [0.25, 0.3) is 0 Å². The first-order chi connectivity index (χ1) is 7.84. The molecule has 16 heavy (non-hydrogen) atoms. The molecule has 0 aromatic rings. The molecule has 1 aliphatic heterocycles. The standard InChI is InChI=1S/C15H25N/c1-2-4-16-14(3-1)15-8-11-5-12(9-15)7-13(6-11)10-15/h11-14,16H,1-10H2/t11?,12?,13?,14-,15?/m0/s1. The van der Waals surface area contributed by atoms with Crippen molar-refractivity contribution in [1.29, 1.82) is 0 Å². The van der Waals surface area contributed by atoms with Gasteiger partial charge in [0.1, 0.15) is 0 Å². The average molecular weight is 219 g/mol. The Morgan fingerprint density at radius 3 is 1.94 bits per heavy atom. The molecular formula is C15H25N. The maximum Gasteiger partial charge on any atom is 0.0124 e. The minimum absolute atomic E-state index is 0.759. The van der Waals surface area contributed by atoms with E-state index in [9.17, 15) is 0 Å². The van der Waals surface area contributed by atoms with Gasteiger partial charge in [-0.3, -0.25) is 0 Å². The average Bonchev–Trinajstić information content (AvgIpc) is 2.28. The summed E-state index contributed by atoms with van der Waals surface area (Å²) >= 11 is 0. The van der Waals surface area contributed by atoms with Crippen LogP contribution in [0.3, 0.4) is 0 Å². The molecule has 0 aromatic heterocycles. The maximum atomic E-state index is 3.88. The largest absolute Gasteiger partial charge is 0.313 e. The van der Waals surface area contributed by atoms with Gasteiger partial charge in [0.05, 0.1) is 0 Å². The molecule has 0 radical (unpaired) electrons. The van der Waals surface area contributed by atoms with E-state index in [2.05, 4.69) is 5.32 Å². The summed E-state index contributed by atoms with van der Waals surface area (Å²) in [4.78, 5) is 0. The van der Waals surface area contributed by atoms with E-state index < -0.39 is 0 Å². The van der Waals surface area contributed by atoms with Gasteiger partial charge in [-0.25, -0.2) is 0 Å². The summed E-state index contributed by atoms with van der Waals surface area (Å²) in [5.74, 6) is 3.36. The van der Waals surface area contributed by atoms with Gasteiger partial charge >= 0.3 is 0 Å². The first-order valence-corrected chi connectivity index (χ1v) is 7.57. The minimum Gasteiger partial charge on any atom is -0.313 e. The number of rotatable bonds is 1. The number of hydrogen-bond donors (Lipinski definition) is 1. The van der Waals surface area contributed by atoms with Gasteiger partial charge in [-0.05, 0) is 81.1 Å². The van der Waals surface area contributed by atoms with E-state index in [0.29, 0.717) is 0 Å². The predicted octanol–water partition coefficient (Wildman–Crippen LogP) is 3.34. The zero-order chi connectivity index (χ0) is 10.6. The smallest absolute Gasteiger partial charge is 0.0124 e. The third-order valence-electron chi connectivity index (χ3n) is 6.14. The molecule has 90 valence electrons. The normalized spacial score (nSPS) is 55.5. The molecule has 0 amide bonds. The van der Waals surface area contributed by atoms with Crippen molar-refractivity contribution in [3.63, 3.8) is 0 Å². The van der Waals surface area contributed by atoms with Crippen molar-refractivity contribution in [2.24, 2.45) is 23.2 Å². The summed E-state index contributed by atoms with van der Waals surface area (Å²) in [7, 11) is 0. The molecule has 1 atom stereocenters. The van der Waals surface area contributed by atoms with Crippen molar-refractivity contribution in [3.05, 3.63) is 0 Å². The molecule has 1 nitrogen and oxygen atoms in total. The minimum atomic E-state index is 0.759. The van der Waals surface area contributed by atoms with Crippen LogP contribution in [0.2, 0.25) is 0 Å². The molecular weight excluding hydrogens is 194 g/mol. The summed E-state index contributed by atoms with van der Waals surface area (Å²) < 4.78 is 0. The van der Waals surface area contributed by atoms with Gasteiger partial charge in [0, 0.05) is 6.04 Å². The lowest BCUT2D eigenvalue weighted by Crippen LogP contribution is -2.56. The Balaban J connectivity index is 1.60. The summed E-state index contributed by atoms with van der Waals surface area (Å²) in [5.41, 5.74) is 0.759. The second kappa shape index (κ2) is 3.48. The first kappa shape index (κ1) is 9.94. The fourth-order valence-corrected chi connectivity index (χ4v) is 5.98. The third-order valence-corrected chi connectivity index (χ3v) is 6.14. The highest BCUT2D eigenvalue weighted by molar-refractivity contribution is 5.06. The molecule has 4 saturated carbocycles. The van der Waals surface area contributed by atoms with Gasteiger partial charge < -0.3 is 5.32 Å². The van der Waals surface area contributed by atoms with Crippen LogP contribution in [-0.4, -0.2) is 12.6 Å². The monoisotopic (exact) mass is 219 g/mol. The van der Waals surface area contributed by atoms with Crippen LogP contribution in [0.5, 0.6) is 0 Å². The number of hydrogen-bond acceptors (Lipinski definition) is 1. The lowest BCUT2D eigenvalue weighted by molar-refractivity contribution is -0.0779. The van der Waals surface area contributed by atoms with Gasteiger partial charge in [-0.1, -0.05) is 6.42 Å². The fraction of sp³-hybridized carbons (Fsp3) is 1.00. The van der Waals surface area contributed by atoms with Crippen LogP contribution in [0.15, 0.2) is 0 Å². The van der Waals surface area contributed by atoms with E-state index in [4.69, 9.17) is 0 Å². The van der Waals surface area contributed by atoms with Crippen LogP contribution in [0, 0.1) is 23.2 Å². The quantitative estimate of drug-likeness (QED) is 0.713. The van der Waals surface area contributed by atoms with E-state index in [1.165, 1.54) is 25.8 Å². The van der Waals surface area contributed by atoms with Crippen molar-refractivity contribution >= 4 is 0 Å². The summed E-state index contributed by atoms with van der Waals surface area (Å²) in [5, 5.41) is 3.88. The van der Waals surface area contributed by atoms with Crippen LogP contribution >= 0.6 is 0 Å². The van der Waals surface area contributed by atoms with Gasteiger partial charge in [-0.2, -0.15) is 0 Å². The Kier molecular flexibility index (Phi) is 2.16. The van der Waals surface area contributed by atoms with E-state index >= 15 is 0 Å². The molecule has 0 aromatic carbocycles. The Morgan fingerprint density at radius 1 is 0.812 bits per heavy atom. The Bertz CT molecular complexity index is 242. The molecule has 1 heteroatoms.